The minimum absolute atomic E-state index is 0.350. The molecule has 4 nitrogen and oxygen atoms in total. The Hall–Kier alpha value is -1.52. The van der Waals surface area contributed by atoms with E-state index in [0.717, 1.165) is 30.1 Å². The number of nitrogens with zero attached hydrogens (tertiary/aromatic N) is 2. The van der Waals surface area contributed by atoms with Gasteiger partial charge in [-0.1, -0.05) is 30.7 Å². The number of benzene rings is 1. The second-order valence-electron chi connectivity index (χ2n) is 5.18. The third kappa shape index (κ3) is 4.22. The van der Waals surface area contributed by atoms with Gasteiger partial charge in [0.15, 0.2) is 0 Å². The molecule has 0 spiro atoms. The van der Waals surface area contributed by atoms with Crippen LogP contribution in [0.15, 0.2) is 30.5 Å². The molecule has 0 aliphatic heterocycles. The highest BCUT2D eigenvalue weighted by Gasteiger charge is 2.10. The molecule has 0 saturated heterocycles. The van der Waals surface area contributed by atoms with Gasteiger partial charge in [-0.2, -0.15) is 5.10 Å². The molecule has 2 aromatic rings. The summed E-state index contributed by atoms with van der Waals surface area (Å²) in [7, 11) is 0. The van der Waals surface area contributed by atoms with E-state index in [1.54, 1.807) is 0 Å². The smallest absolute Gasteiger partial charge is 0.142 e. The van der Waals surface area contributed by atoms with Crippen LogP contribution in [0.1, 0.15) is 38.1 Å². The summed E-state index contributed by atoms with van der Waals surface area (Å²) in [5, 5.41) is 8.40. The Labute approximate surface area is 131 Å². The van der Waals surface area contributed by atoms with Gasteiger partial charge in [0, 0.05) is 24.3 Å². The summed E-state index contributed by atoms with van der Waals surface area (Å²) in [5.74, 6) is 0.735. The summed E-state index contributed by atoms with van der Waals surface area (Å²) >= 11 is 6.25. The fourth-order valence-electron chi connectivity index (χ4n) is 2.00. The fraction of sp³-hybridized carbons (Fsp3) is 0.438. The number of halogens is 1. The summed E-state index contributed by atoms with van der Waals surface area (Å²) in [4.78, 5) is 0. The van der Waals surface area contributed by atoms with Crippen molar-refractivity contribution in [1.29, 1.82) is 0 Å². The van der Waals surface area contributed by atoms with E-state index in [4.69, 9.17) is 16.3 Å². The molecule has 0 radical (unpaired) electrons. The second-order valence-corrected chi connectivity index (χ2v) is 5.59. The molecule has 0 amide bonds. The van der Waals surface area contributed by atoms with Crippen LogP contribution in [0.3, 0.4) is 0 Å². The van der Waals surface area contributed by atoms with Crippen molar-refractivity contribution < 1.29 is 4.74 Å². The Morgan fingerprint density at radius 3 is 2.81 bits per heavy atom. The van der Waals surface area contributed by atoms with Crippen LogP contribution in [-0.4, -0.2) is 16.3 Å². The van der Waals surface area contributed by atoms with Crippen LogP contribution in [0, 0.1) is 0 Å². The molecule has 2 rings (SSSR count). The van der Waals surface area contributed by atoms with E-state index < -0.39 is 0 Å². The molecule has 1 aromatic carbocycles. The van der Waals surface area contributed by atoms with Gasteiger partial charge in [-0.25, -0.2) is 0 Å². The maximum absolute atomic E-state index is 6.25. The summed E-state index contributed by atoms with van der Waals surface area (Å²) < 4.78 is 7.82. The number of para-hydroxylation sites is 1. The normalized spacial score (nSPS) is 11.1. The molecule has 0 aliphatic carbocycles. The van der Waals surface area contributed by atoms with Crippen LogP contribution >= 0.6 is 11.6 Å². The molecule has 0 bridgehead atoms. The van der Waals surface area contributed by atoms with Crippen molar-refractivity contribution in [3.8, 4) is 5.75 Å². The van der Waals surface area contributed by atoms with Crippen molar-refractivity contribution in [2.45, 2.75) is 40.0 Å². The molecule has 0 aliphatic rings. The molecule has 1 aromatic heterocycles. The first-order valence-corrected chi connectivity index (χ1v) is 7.64. The van der Waals surface area contributed by atoms with Crippen molar-refractivity contribution in [3.05, 3.63) is 46.7 Å². The minimum atomic E-state index is 0.350. The van der Waals surface area contributed by atoms with Crippen molar-refractivity contribution in [1.82, 2.24) is 15.1 Å². The van der Waals surface area contributed by atoms with E-state index in [-0.39, 0.29) is 0 Å². The van der Waals surface area contributed by atoms with Crippen molar-refractivity contribution >= 4 is 11.6 Å². The van der Waals surface area contributed by atoms with Crippen molar-refractivity contribution in [2.75, 3.05) is 6.54 Å². The lowest BCUT2D eigenvalue weighted by molar-refractivity contribution is 0.295. The minimum Gasteiger partial charge on any atom is -0.485 e. The standard InChI is InChI=1S/C16H22ClN3O/c1-4-18-10-13-6-5-7-15(17)16(13)21-11-14-8-9-20(19-14)12(2)3/h5-9,12,18H,4,10-11H2,1-3H3. The van der Waals surface area contributed by atoms with Crippen LogP contribution < -0.4 is 10.1 Å². The quantitative estimate of drug-likeness (QED) is 0.845. The topological polar surface area (TPSA) is 39.1 Å². The largest absolute Gasteiger partial charge is 0.485 e. The lowest BCUT2D eigenvalue weighted by atomic mass is 10.2. The summed E-state index contributed by atoms with van der Waals surface area (Å²) in [6.45, 7) is 8.34. The predicted molar refractivity (Wildman–Crippen MR) is 85.8 cm³/mol. The van der Waals surface area contributed by atoms with Gasteiger partial charge < -0.3 is 10.1 Å². The Bertz CT molecular complexity index is 581. The van der Waals surface area contributed by atoms with E-state index >= 15 is 0 Å². The summed E-state index contributed by atoms with van der Waals surface area (Å²) in [5.41, 5.74) is 1.96. The summed E-state index contributed by atoms with van der Waals surface area (Å²) in [6, 6.07) is 8.13. The monoisotopic (exact) mass is 307 g/mol. The van der Waals surface area contributed by atoms with Gasteiger partial charge in [0.05, 0.1) is 10.7 Å². The highest BCUT2D eigenvalue weighted by molar-refractivity contribution is 6.32. The Morgan fingerprint density at radius 2 is 2.14 bits per heavy atom. The Morgan fingerprint density at radius 1 is 1.33 bits per heavy atom. The summed E-state index contributed by atoms with van der Waals surface area (Å²) in [6.07, 6.45) is 1.97. The second kappa shape index (κ2) is 7.48. The maximum atomic E-state index is 6.25. The van der Waals surface area contributed by atoms with Crippen LogP contribution in [-0.2, 0) is 13.2 Å². The fourth-order valence-corrected chi connectivity index (χ4v) is 2.25. The van der Waals surface area contributed by atoms with E-state index in [9.17, 15) is 0 Å². The van der Waals surface area contributed by atoms with Gasteiger partial charge in [-0.15, -0.1) is 0 Å². The number of hydrogen-bond donors (Lipinski definition) is 1. The highest BCUT2D eigenvalue weighted by atomic mass is 35.5. The lowest BCUT2D eigenvalue weighted by Gasteiger charge is -2.12. The van der Waals surface area contributed by atoms with Gasteiger partial charge in [-0.3, -0.25) is 4.68 Å². The number of ether oxygens (including phenoxy) is 1. The SMILES string of the molecule is CCNCc1cccc(Cl)c1OCc1ccn(C(C)C)n1. The molecule has 0 fully saturated rings. The predicted octanol–water partition coefficient (Wildman–Crippen LogP) is 3.81. The van der Waals surface area contributed by atoms with E-state index in [1.807, 2.05) is 35.1 Å². The van der Waals surface area contributed by atoms with Crippen LogP contribution in [0.25, 0.3) is 0 Å². The molecular weight excluding hydrogens is 286 g/mol. The molecule has 1 heterocycles. The third-order valence-electron chi connectivity index (χ3n) is 3.17. The molecule has 0 saturated carbocycles. The zero-order valence-electron chi connectivity index (χ0n) is 12.8. The van der Waals surface area contributed by atoms with Gasteiger partial charge in [0.2, 0.25) is 0 Å². The van der Waals surface area contributed by atoms with Gasteiger partial charge in [0.25, 0.3) is 0 Å². The number of nitrogens with one attached hydrogen (secondary N) is 1. The van der Waals surface area contributed by atoms with E-state index in [0.29, 0.717) is 17.7 Å². The number of aromatic nitrogens is 2. The molecule has 21 heavy (non-hydrogen) atoms. The zero-order chi connectivity index (χ0) is 15.2. The van der Waals surface area contributed by atoms with Gasteiger partial charge in [0.1, 0.15) is 12.4 Å². The zero-order valence-corrected chi connectivity index (χ0v) is 13.5. The lowest BCUT2D eigenvalue weighted by Crippen LogP contribution is -2.13. The molecule has 114 valence electrons. The van der Waals surface area contributed by atoms with Crippen molar-refractivity contribution in [3.63, 3.8) is 0 Å². The van der Waals surface area contributed by atoms with E-state index in [1.165, 1.54) is 0 Å². The number of rotatable bonds is 7. The van der Waals surface area contributed by atoms with Gasteiger partial charge in [-0.05, 0) is 32.5 Å². The first-order valence-electron chi connectivity index (χ1n) is 7.26. The van der Waals surface area contributed by atoms with E-state index in [2.05, 4.69) is 31.2 Å². The average Bonchev–Trinajstić information content (AvgIpc) is 2.93. The average molecular weight is 308 g/mol. The maximum Gasteiger partial charge on any atom is 0.142 e. The van der Waals surface area contributed by atoms with Crippen LogP contribution in [0.5, 0.6) is 5.75 Å². The molecule has 1 N–H and O–H groups in total. The molecule has 0 unspecified atom stereocenters. The molecule has 5 heteroatoms. The molecular formula is C16H22ClN3O. The Balaban J connectivity index is 2.07. The van der Waals surface area contributed by atoms with Crippen LogP contribution in [0.2, 0.25) is 5.02 Å². The third-order valence-corrected chi connectivity index (χ3v) is 3.47. The Kier molecular flexibility index (Phi) is 5.65. The highest BCUT2D eigenvalue weighted by Crippen LogP contribution is 2.29. The van der Waals surface area contributed by atoms with Gasteiger partial charge >= 0.3 is 0 Å². The molecule has 0 atom stereocenters. The van der Waals surface area contributed by atoms with Crippen molar-refractivity contribution in [2.24, 2.45) is 0 Å². The first kappa shape index (κ1) is 15.9. The first-order chi connectivity index (χ1) is 10.1. The number of hydrogen-bond acceptors (Lipinski definition) is 3. The van der Waals surface area contributed by atoms with Crippen LogP contribution in [0.4, 0.5) is 0 Å².